The van der Waals surface area contributed by atoms with Crippen molar-refractivity contribution in [1.29, 1.82) is 0 Å². The Kier molecular flexibility index (Phi) is 7.83. The van der Waals surface area contributed by atoms with Crippen molar-refractivity contribution in [3.8, 4) is 0 Å². The molecule has 0 amide bonds. The van der Waals surface area contributed by atoms with Gasteiger partial charge in [0.25, 0.3) is 0 Å². The van der Waals surface area contributed by atoms with E-state index >= 15 is 0 Å². The fourth-order valence-electron chi connectivity index (χ4n) is 1.64. The van der Waals surface area contributed by atoms with Gasteiger partial charge in [-0.05, 0) is 39.4 Å². The normalized spacial score (nSPS) is 16.8. The summed E-state index contributed by atoms with van der Waals surface area (Å²) in [6, 6.07) is 0.153. The number of aliphatic carboxylic acids is 1. The molecule has 0 rings (SSSR count). The van der Waals surface area contributed by atoms with E-state index in [-0.39, 0.29) is 17.9 Å². The highest BCUT2D eigenvalue weighted by molar-refractivity contribution is 7.99. The first kappa shape index (κ1) is 16.7. The Bertz CT molecular complexity index is 236. The quantitative estimate of drug-likeness (QED) is 0.553. The molecular formula is C12H25NO3S. The van der Waals surface area contributed by atoms with Gasteiger partial charge < -0.3 is 10.2 Å². The highest BCUT2D eigenvalue weighted by Crippen LogP contribution is 2.18. The summed E-state index contributed by atoms with van der Waals surface area (Å²) in [7, 11) is 0. The second-order valence-corrected chi connectivity index (χ2v) is 6.45. The molecule has 0 fully saturated rings. The first-order valence-electron chi connectivity index (χ1n) is 6.05. The van der Waals surface area contributed by atoms with Crippen LogP contribution in [0.25, 0.3) is 0 Å². The Hall–Kier alpha value is -0.260. The number of aliphatic hydroxyl groups is 1. The molecule has 2 unspecified atom stereocenters. The average molecular weight is 263 g/mol. The maximum Gasteiger partial charge on any atom is 0.323 e. The van der Waals surface area contributed by atoms with E-state index in [2.05, 4.69) is 5.32 Å². The van der Waals surface area contributed by atoms with E-state index in [4.69, 9.17) is 5.11 Å². The molecule has 5 heteroatoms. The van der Waals surface area contributed by atoms with E-state index in [1.807, 2.05) is 20.8 Å². The number of aliphatic hydroxyl groups excluding tert-OH is 1. The summed E-state index contributed by atoms with van der Waals surface area (Å²) < 4.78 is 0. The SMILES string of the molecule is CC(C)NC(C)(CCCSC(C)CO)C(=O)O. The summed E-state index contributed by atoms with van der Waals surface area (Å²) in [4.78, 5) is 11.2. The maximum atomic E-state index is 11.2. The molecule has 0 spiro atoms. The maximum absolute atomic E-state index is 11.2. The van der Waals surface area contributed by atoms with Crippen LogP contribution in [0.1, 0.15) is 40.5 Å². The molecule has 0 aromatic heterocycles. The third-order valence-electron chi connectivity index (χ3n) is 2.56. The van der Waals surface area contributed by atoms with Crippen molar-refractivity contribution >= 4 is 17.7 Å². The highest BCUT2D eigenvalue weighted by Gasteiger charge is 2.32. The van der Waals surface area contributed by atoms with Crippen molar-refractivity contribution in [2.75, 3.05) is 12.4 Å². The Balaban J connectivity index is 4.06. The fourth-order valence-corrected chi connectivity index (χ4v) is 2.46. The van der Waals surface area contributed by atoms with Crippen molar-refractivity contribution in [2.24, 2.45) is 0 Å². The molecule has 0 aromatic carbocycles. The number of thioether (sulfide) groups is 1. The predicted molar refractivity (Wildman–Crippen MR) is 72.6 cm³/mol. The summed E-state index contributed by atoms with van der Waals surface area (Å²) in [5.41, 5.74) is -0.850. The standard InChI is InChI=1S/C12H25NO3S/c1-9(2)13-12(4,11(15)16)6-5-7-17-10(3)8-14/h9-10,13-14H,5-8H2,1-4H3,(H,15,16). The van der Waals surface area contributed by atoms with Gasteiger partial charge in [-0.15, -0.1) is 0 Å². The van der Waals surface area contributed by atoms with E-state index in [9.17, 15) is 9.90 Å². The zero-order valence-electron chi connectivity index (χ0n) is 11.2. The van der Waals surface area contributed by atoms with Crippen LogP contribution in [0.3, 0.4) is 0 Å². The summed E-state index contributed by atoms with van der Waals surface area (Å²) in [5, 5.41) is 21.4. The lowest BCUT2D eigenvalue weighted by Crippen LogP contribution is -2.52. The van der Waals surface area contributed by atoms with Gasteiger partial charge in [0.1, 0.15) is 5.54 Å². The number of rotatable bonds is 9. The number of carbonyl (C=O) groups is 1. The molecule has 0 saturated heterocycles. The van der Waals surface area contributed by atoms with Crippen LogP contribution in [-0.2, 0) is 4.79 Å². The highest BCUT2D eigenvalue weighted by atomic mass is 32.2. The molecule has 0 saturated carbocycles. The second-order valence-electron chi connectivity index (χ2n) is 4.90. The largest absolute Gasteiger partial charge is 0.480 e. The van der Waals surface area contributed by atoms with E-state index < -0.39 is 11.5 Å². The molecule has 2 atom stereocenters. The molecule has 3 N–H and O–H groups in total. The van der Waals surface area contributed by atoms with Gasteiger partial charge in [0.15, 0.2) is 0 Å². The van der Waals surface area contributed by atoms with Gasteiger partial charge in [-0.2, -0.15) is 11.8 Å². The van der Waals surface area contributed by atoms with Crippen molar-refractivity contribution in [3.63, 3.8) is 0 Å². The summed E-state index contributed by atoms with van der Waals surface area (Å²) in [6.07, 6.45) is 1.43. The zero-order chi connectivity index (χ0) is 13.5. The number of carboxylic acid groups (broad SMARTS) is 1. The predicted octanol–water partition coefficient (Wildman–Crippen LogP) is 1.72. The van der Waals surface area contributed by atoms with Gasteiger partial charge in [-0.1, -0.05) is 6.92 Å². The van der Waals surface area contributed by atoms with Gasteiger partial charge in [-0.25, -0.2) is 0 Å². The van der Waals surface area contributed by atoms with Crippen LogP contribution in [-0.4, -0.2) is 45.4 Å². The van der Waals surface area contributed by atoms with Crippen LogP contribution in [0, 0.1) is 0 Å². The average Bonchev–Trinajstić information content (AvgIpc) is 2.22. The van der Waals surface area contributed by atoms with E-state index in [0.29, 0.717) is 6.42 Å². The van der Waals surface area contributed by atoms with E-state index in [1.54, 1.807) is 18.7 Å². The molecule has 0 bridgehead atoms. The molecule has 0 radical (unpaired) electrons. The molecule has 4 nitrogen and oxygen atoms in total. The molecular weight excluding hydrogens is 238 g/mol. The number of carboxylic acids is 1. The molecule has 0 aliphatic rings. The molecule has 0 aliphatic heterocycles. The third kappa shape index (κ3) is 6.91. The first-order valence-corrected chi connectivity index (χ1v) is 7.10. The summed E-state index contributed by atoms with van der Waals surface area (Å²) >= 11 is 1.68. The number of hydrogen-bond donors (Lipinski definition) is 3. The molecule has 0 aliphatic carbocycles. The Labute approximate surface area is 108 Å². The Morgan fingerprint density at radius 1 is 1.41 bits per heavy atom. The zero-order valence-corrected chi connectivity index (χ0v) is 12.0. The monoisotopic (exact) mass is 263 g/mol. The fraction of sp³-hybridized carbons (Fsp3) is 0.917. The minimum absolute atomic E-state index is 0.153. The van der Waals surface area contributed by atoms with Crippen molar-refractivity contribution < 1.29 is 15.0 Å². The molecule has 17 heavy (non-hydrogen) atoms. The topological polar surface area (TPSA) is 69.6 Å². The minimum atomic E-state index is -0.850. The van der Waals surface area contributed by atoms with Crippen molar-refractivity contribution in [3.05, 3.63) is 0 Å². The Morgan fingerprint density at radius 3 is 2.41 bits per heavy atom. The lowest BCUT2D eigenvalue weighted by molar-refractivity contribution is -0.144. The number of nitrogens with one attached hydrogen (secondary N) is 1. The van der Waals surface area contributed by atoms with Crippen molar-refractivity contribution in [2.45, 2.75) is 57.4 Å². The lowest BCUT2D eigenvalue weighted by Gasteiger charge is -2.28. The molecule has 0 aromatic rings. The lowest BCUT2D eigenvalue weighted by atomic mass is 9.95. The molecule has 0 heterocycles. The van der Waals surface area contributed by atoms with Crippen LogP contribution in [0.4, 0.5) is 0 Å². The van der Waals surface area contributed by atoms with E-state index in [0.717, 1.165) is 12.2 Å². The van der Waals surface area contributed by atoms with Gasteiger partial charge in [0.2, 0.25) is 0 Å². The van der Waals surface area contributed by atoms with Crippen LogP contribution in [0.5, 0.6) is 0 Å². The van der Waals surface area contributed by atoms with Crippen LogP contribution in [0.2, 0.25) is 0 Å². The van der Waals surface area contributed by atoms with Crippen molar-refractivity contribution in [1.82, 2.24) is 5.32 Å². The second kappa shape index (κ2) is 7.95. The smallest absolute Gasteiger partial charge is 0.323 e. The van der Waals surface area contributed by atoms with Gasteiger partial charge in [0, 0.05) is 11.3 Å². The molecule has 102 valence electrons. The van der Waals surface area contributed by atoms with Gasteiger partial charge >= 0.3 is 5.97 Å². The Morgan fingerprint density at radius 2 is 2.00 bits per heavy atom. The van der Waals surface area contributed by atoms with Crippen LogP contribution < -0.4 is 5.32 Å². The van der Waals surface area contributed by atoms with Gasteiger partial charge in [0.05, 0.1) is 6.61 Å². The van der Waals surface area contributed by atoms with Crippen LogP contribution >= 0.6 is 11.8 Å². The number of hydrogen-bond acceptors (Lipinski definition) is 4. The summed E-state index contributed by atoms with van der Waals surface area (Å²) in [5.74, 6) is 0.0797. The van der Waals surface area contributed by atoms with E-state index in [1.165, 1.54) is 0 Å². The summed E-state index contributed by atoms with van der Waals surface area (Å²) in [6.45, 7) is 7.77. The minimum Gasteiger partial charge on any atom is -0.480 e. The van der Waals surface area contributed by atoms with Gasteiger partial charge in [-0.3, -0.25) is 10.1 Å². The van der Waals surface area contributed by atoms with Crippen LogP contribution in [0.15, 0.2) is 0 Å². The third-order valence-corrected chi connectivity index (χ3v) is 3.80. The first-order chi connectivity index (χ1) is 7.81.